The number of aromatic amines is 1. The molecule has 1 aromatic carbocycles. The second-order valence-electron chi connectivity index (χ2n) is 5.17. The lowest BCUT2D eigenvalue weighted by atomic mass is 10.1. The number of hydrogen-bond donors (Lipinski definition) is 1. The van der Waals surface area contributed by atoms with Crippen LogP contribution in [0.25, 0.3) is 15.9 Å². The van der Waals surface area contributed by atoms with E-state index in [1.807, 2.05) is 32.0 Å². The molecule has 3 nitrogen and oxygen atoms in total. The second-order valence-corrected chi connectivity index (χ2v) is 6.69. The van der Waals surface area contributed by atoms with Crippen LogP contribution in [0.3, 0.4) is 0 Å². The molecular formula is C16H16N2OS2. The van der Waals surface area contributed by atoms with E-state index in [4.69, 9.17) is 12.2 Å². The number of fused-ring (bicyclic) bond motifs is 1. The Bertz CT molecular complexity index is 947. The van der Waals surface area contributed by atoms with Gasteiger partial charge in [-0.25, -0.2) is 0 Å². The molecule has 0 spiro atoms. The maximum atomic E-state index is 12.8. The molecule has 0 saturated carbocycles. The number of benzene rings is 1. The summed E-state index contributed by atoms with van der Waals surface area (Å²) in [4.78, 5) is 18.0. The quantitative estimate of drug-likeness (QED) is 0.716. The van der Waals surface area contributed by atoms with E-state index in [1.54, 1.807) is 15.9 Å². The number of thiophene rings is 1. The van der Waals surface area contributed by atoms with E-state index in [2.05, 4.69) is 18.0 Å². The molecule has 3 rings (SSSR count). The fourth-order valence-corrected chi connectivity index (χ4v) is 3.84. The molecule has 0 radical (unpaired) electrons. The number of hydrogen-bond acceptors (Lipinski definition) is 3. The Morgan fingerprint density at radius 1 is 1.29 bits per heavy atom. The molecule has 0 aliphatic heterocycles. The third kappa shape index (κ3) is 2.36. The van der Waals surface area contributed by atoms with Gasteiger partial charge in [-0.15, -0.1) is 11.3 Å². The van der Waals surface area contributed by atoms with Crippen LogP contribution in [-0.4, -0.2) is 9.55 Å². The van der Waals surface area contributed by atoms with Gasteiger partial charge in [0.1, 0.15) is 4.83 Å². The monoisotopic (exact) mass is 316 g/mol. The van der Waals surface area contributed by atoms with Crippen LogP contribution in [0, 0.1) is 18.6 Å². The first-order chi connectivity index (χ1) is 10.0. The lowest BCUT2D eigenvalue weighted by Gasteiger charge is -2.10. The third-order valence-electron chi connectivity index (χ3n) is 3.58. The predicted molar refractivity (Wildman–Crippen MR) is 91.5 cm³/mol. The lowest BCUT2D eigenvalue weighted by Crippen LogP contribution is -2.20. The van der Waals surface area contributed by atoms with Crippen molar-refractivity contribution >= 4 is 33.8 Å². The van der Waals surface area contributed by atoms with Gasteiger partial charge in [-0.3, -0.25) is 9.36 Å². The maximum absolute atomic E-state index is 12.8. The van der Waals surface area contributed by atoms with Crippen LogP contribution in [0.1, 0.15) is 22.9 Å². The average molecular weight is 316 g/mol. The Balaban J connectivity index is 2.37. The summed E-state index contributed by atoms with van der Waals surface area (Å²) in [6.07, 6.45) is 0.920. The zero-order valence-electron chi connectivity index (χ0n) is 12.2. The average Bonchev–Trinajstić information content (AvgIpc) is 2.84. The summed E-state index contributed by atoms with van der Waals surface area (Å²) in [6.45, 7) is 6.12. The van der Waals surface area contributed by atoms with Gasteiger partial charge in [0.15, 0.2) is 4.77 Å². The molecule has 0 amide bonds. The van der Waals surface area contributed by atoms with Crippen LogP contribution in [0.15, 0.2) is 29.1 Å². The van der Waals surface area contributed by atoms with E-state index >= 15 is 0 Å². The summed E-state index contributed by atoms with van der Waals surface area (Å²) in [5.74, 6) is 0. The number of rotatable bonds is 2. The topological polar surface area (TPSA) is 37.8 Å². The van der Waals surface area contributed by atoms with Crippen molar-refractivity contribution in [2.45, 2.75) is 27.2 Å². The van der Waals surface area contributed by atoms with E-state index < -0.39 is 0 Å². The van der Waals surface area contributed by atoms with Crippen molar-refractivity contribution in [2.24, 2.45) is 0 Å². The molecule has 2 aromatic heterocycles. The molecule has 0 unspecified atom stereocenters. The van der Waals surface area contributed by atoms with Crippen molar-refractivity contribution in [1.29, 1.82) is 0 Å². The Labute approximate surface area is 131 Å². The molecule has 0 aliphatic rings. The van der Waals surface area contributed by atoms with E-state index in [9.17, 15) is 4.79 Å². The largest absolute Gasteiger partial charge is 0.323 e. The number of H-pyrrole nitrogens is 1. The zero-order valence-corrected chi connectivity index (χ0v) is 13.8. The summed E-state index contributed by atoms with van der Waals surface area (Å²) in [7, 11) is 0. The molecule has 2 heterocycles. The number of aryl methyl sites for hydroxylation is 3. The number of nitrogens with zero attached hydrogens (tertiary/aromatic N) is 1. The van der Waals surface area contributed by atoms with Crippen LogP contribution in [0.5, 0.6) is 0 Å². The first-order valence-electron chi connectivity index (χ1n) is 6.86. The number of aromatic nitrogens is 2. The number of nitrogens with one attached hydrogen (secondary N) is 1. The van der Waals surface area contributed by atoms with E-state index in [0.717, 1.165) is 22.5 Å². The summed E-state index contributed by atoms with van der Waals surface area (Å²) in [5.41, 5.74) is 3.01. The van der Waals surface area contributed by atoms with Gasteiger partial charge in [-0.1, -0.05) is 24.6 Å². The van der Waals surface area contributed by atoms with Crippen LogP contribution in [0.4, 0.5) is 0 Å². The highest BCUT2D eigenvalue weighted by molar-refractivity contribution is 7.71. The lowest BCUT2D eigenvalue weighted by molar-refractivity contribution is 0.932. The summed E-state index contributed by atoms with van der Waals surface area (Å²) in [6, 6.07) is 7.98. The van der Waals surface area contributed by atoms with E-state index in [-0.39, 0.29) is 5.56 Å². The molecular weight excluding hydrogens is 300 g/mol. The highest BCUT2D eigenvalue weighted by Crippen LogP contribution is 2.23. The molecule has 21 heavy (non-hydrogen) atoms. The molecule has 108 valence electrons. The van der Waals surface area contributed by atoms with E-state index in [0.29, 0.717) is 10.2 Å². The fraction of sp³-hybridized carbons (Fsp3) is 0.250. The second kappa shape index (κ2) is 5.24. The molecule has 5 heteroatoms. The Hall–Kier alpha value is -1.72. The van der Waals surface area contributed by atoms with Crippen molar-refractivity contribution in [1.82, 2.24) is 9.55 Å². The van der Waals surface area contributed by atoms with Crippen LogP contribution in [-0.2, 0) is 6.42 Å². The van der Waals surface area contributed by atoms with Crippen LogP contribution < -0.4 is 5.56 Å². The Morgan fingerprint density at radius 2 is 2.05 bits per heavy atom. The molecule has 0 fully saturated rings. The Morgan fingerprint density at radius 3 is 2.71 bits per heavy atom. The summed E-state index contributed by atoms with van der Waals surface area (Å²) >= 11 is 7.00. The van der Waals surface area contributed by atoms with Crippen molar-refractivity contribution in [2.75, 3.05) is 0 Å². The minimum absolute atomic E-state index is 0.0448. The first-order valence-corrected chi connectivity index (χ1v) is 8.09. The molecule has 3 aromatic rings. The van der Waals surface area contributed by atoms with Gasteiger partial charge >= 0.3 is 0 Å². The Kier molecular flexibility index (Phi) is 3.55. The minimum Gasteiger partial charge on any atom is -0.323 e. The highest BCUT2D eigenvalue weighted by Gasteiger charge is 2.12. The zero-order chi connectivity index (χ0) is 15.1. The van der Waals surface area contributed by atoms with Gasteiger partial charge in [0.25, 0.3) is 5.56 Å². The van der Waals surface area contributed by atoms with Crippen molar-refractivity contribution < 1.29 is 0 Å². The minimum atomic E-state index is -0.0448. The van der Waals surface area contributed by atoms with Crippen molar-refractivity contribution in [3.63, 3.8) is 0 Å². The van der Waals surface area contributed by atoms with Gasteiger partial charge in [-0.05, 0) is 50.2 Å². The SMILES string of the molecule is CCc1cc2c(=O)n(-c3ccc(C)cc3C)c(=S)[nH]c2s1. The molecule has 0 saturated heterocycles. The molecule has 0 aliphatic carbocycles. The normalized spacial score (nSPS) is 11.2. The molecule has 1 N–H and O–H groups in total. The first kappa shape index (κ1) is 14.2. The van der Waals surface area contributed by atoms with Gasteiger partial charge < -0.3 is 4.98 Å². The van der Waals surface area contributed by atoms with E-state index in [1.165, 1.54) is 10.4 Å². The maximum Gasteiger partial charge on any atom is 0.267 e. The summed E-state index contributed by atoms with van der Waals surface area (Å²) < 4.78 is 2.04. The standard InChI is InChI=1S/C16H16N2OS2/c1-4-11-8-12-14(21-11)17-16(20)18(15(12)19)13-6-5-9(2)7-10(13)3/h5-8H,4H2,1-3H3,(H,17,20). The molecule has 0 atom stereocenters. The van der Waals surface area contributed by atoms with Gasteiger partial charge in [0, 0.05) is 4.88 Å². The smallest absolute Gasteiger partial charge is 0.267 e. The van der Waals surface area contributed by atoms with Crippen molar-refractivity contribution in [3.8, 4) is 5.69 Å². The van der Waals surface area contributed by atoms with Crippen LogP contribution >= 0.6 is 23.6 Å². The van der Waals surface area contributed by atoms with Gasteiger partial charge in [0.05, 0.1) is 11.1 Å². The van der Waals surface area contributed by atoms with Crippen LogP contribution in [0.2, 0.25) is 0 Å². The third-order valence-corrected chi connectivity index (χ3v) is 5.06. The van der Waals surface area contributed by atoms with Crippen molar-refractivity contribution in [3.05, 3.63) is 55.4 Å². The fourth-order valence-electron chi connectivity index (χ4n) is 2.51. The molecule has 0 bridgehead atoms. The predicted octanol–water partition coefficient (Wildman–Crippen LogP) is 4.29. The van der Waals surface area contributed by atoms with Gasteiger partial charge in [0.2, 0.25) is 0 Å². The summed E-state index contributed by atoms with van der Waals surface area (Å²) in [5, 5.41) is 0.713. The van der Waals surface area contributed by atoms with Gasteiger partial charge in [-0.2, -0.15) is 0 Å². The highest BCUT2D eigenvalue weighted by atomic mass is 32.1.